The summed E-state index contributed by atoms with van der Waals surface area (Å²) in [4.78, 5) is 14.7. The standard InChI is InChI=1S/C22H34N2O2/c1-17-16-24(21(26)11-13-23-19-8-4-3-5-9-19)14-12-22(17,2)18-7-6-10-20(25)15-18/h6-7,10,15,17,19,23,25H,3-5,8-9,11-14,16H2,1-2H3/t17-,22-/m0/s1. The summed E-state index contributed by atoms with van der Waals surface area (Å²) in [5.41, 5.74) is 1.19. The molecule has 1 aliphatic heterocycles. The average Bonchev–Trinajstić information content (AvgIpc) is 2.65. The fourth-order valence-corrected chi connectivity index (χ4v) is 4.60. The lowest BCUT2D eigenvalue weighted by Gasteiger charge is -2.45. The lowest BCUT2D eigenvalue weighted by Crippen LogP contribution is -2.50. The smallest absolute Gasteiger partial charge is 0.223 e. The van der Waals surface area contributed by atoms with Crippen LogP contribution in [0.3, 0.4) is 0 Å². The number of likely N-dealkylation sites (tertiary alicyclic amines) is 1. The average molecular weight is 359 g/mol. The van der Waals surface area contributed by atoms with E-state index in [1.807, 2.05) is 17.0 Å². The molecule has 0 radical (unpaired) electrons. The molecule has 2 N–H and O–H groups in total. The van der Waals surface area contributed by atoms with Crippen LogP contribution in [0.1, 0.15) is 64.4 Å². The van der Waals surface area contributed by atoms with Crippen molar-refractivity contribution in [1.29, 1.82) is 0 Å². The number of carbonyl (C=O) groups is 1. The van der Waals surface area contributed by atoms with Gasteiger partial charge < -0.3 is 15.3 Å². The normalized spacial score (nSPS) is 27.5. The molecular formula is C22H34N2O2. The van der Waals surface area contributed by atoms with Crippen molar-refractivity contribution < 1.29 is 9.90 Å². The molecule has 2 aliphatic rings. The van der Waals surface area contributed by atoms with Gasteiger partial charge in [0.15, 0.2) is 0 Å². The molecule has 2 atom stereocenters. The Labute approximate surface area is 158 Å². The van der Waals surface area contributed by atoms with E-state index >= 15 is 0 Å². The van der Waals surface area contributed by atoms with Crippen LogP contribution in [0.15, 0.2) is 24.3 Å². The summed E-state index contributed by atoms with van der Waals surface area (Å²) < 4.78 is 0. The Kier molecular flexibility index (Phi) is 6.23. The predicted molar refractivity (Wildman–Crippen MR) is 105 cm³/mol. The van der Waals surface area contributed by atoms with Gasteiger partial charge >= 0.3 is 0 Å². The second kappa shape index (κ2) is 8.43. The highest BCUT2D eigenvalue weighted by atomic mass is 16.3. The van der Waals surface area contributed by atoms with E-state index in [1.54, 1.807) is 6.07 Å². The molecule has 1 amide bonds. The van der Waals surface area contributed by atoms with Gasteiger partial charge in [0.05, 0.1) is 0 Å². The van der Waals surface area contributed by atoms with Crippen molar-refractivity contribution in [2.75, 3.05) is 19.6 Å². The molecule has 0 spiro atoms. The molecule has 144 valence electrons. The Morgan fingerprint density at radius 3 is 2.77 bits per heavy atom. The zero-order valence-electron chi connectivity index (χ0n) is 16.3. The SMILES string of the molecule is C[C@H]1CN(C(=O)CCNC2CCCCC2)CC[C@]1(C)c1cccc(O)c1. The molecule has 3 rings (SSSR count). The number of carbonyl (C=O) groups excluding carboxylic acids is 1. The van der Waals surface area contributed by atoms with Crippen LogP contribution in [0.4, 0.5) is 0 Å². The number of hydrogen-bond donors (Lipinski definition) is 2. The Balaban J connectivity index is 1.50. The molecule has 1 saturated heterocycles. The molecular weight excluding hydrogens is 324 g/mol. The summed E-state index contributed by atoms with van der Waals surface area (Å²) in [6, 6.07) is 8.22. The molecule has 0 bridgehead atoms. The molecule has 1 aromatic rings. The third-order valence-corrected chi connectivity index (χ3v) is 6.72. The van der Waals surface area contributed by atoms with Gasteiger partial charge in [-0.2, -0.15) is 0 Å². The van der Waals surface area contributed by atoms with Crippen molar-refractivity contribution in [1.82, 2.24) is 10.2 Å². The summed E-state index contributed by atoms with van der Waals surface area (Å²) >= 11 is 0. The van der Waals surface area contributed by atoms with Crippen LogP contribution in [0.2, 0.25) is 0 Å². The molecule has 1 heterocycles. The van der Waals surface area contributed by atoms with Crippen LogP contribution in [-0.2, 0) is 10.2 Å². The van der Waals surface area contributed by atoms with Gasteiger partial charge in [-0.15, -0.1) is 0 Å². The number of piperidine rings is 1. The monoisotopic (exact) mass is 358 g/mol. The maximum atomic E-state index is 12.6. The van der Waals surface area contributed by atoms with E-state index in [-0.39, 0.29) is 11.3 Å². The lowest BCUT2D eigenvalue weighted by molar-refractivity contribution is -0.133. The number of nitrogens with one attached hydrogen (secondary N) is 1. The first-order valence-corrected chi connectivity index (χ1v) is 10.3. The second-order valence-electron chi connectivity index (χ2n) is 8.50. The number of nitrogens with zero attached hydrogens (tertiary/aromatic N) is 1. The van der Waals surface area contributed by atoms with E-state index < -0.39 is 0 Å². The van der Waals surface area contributed by atoms with Crippen LogP contribution in [0.5, 0.6) is 5.75 Å². The third-order valence-electron chi connectivity index (χ3n) is 6.72. The number of rotatable bonds is 5. The van der Waals surface area contributed by atoms with E-state index in [9.17, 15) is 9.90 Å². The van der Waals surface area contributed by atoms with Gasteiger partial charge in [-0.05, 0) is 48.3 Å². The zero-order valence-corrected chi connectivity index (χ0v) is 16.3. The Morgan fingerprint density at radius 1 is 1.31 bits per heavy atom. The van der Waals surface area contributed by atoms with E-state index in [1.165, 1.54) is 37.7 Å². The molecule has 1 aromatic carbocycles. The van der Waals surface area contributed by atoms with E-state index in [4.69, 9.17) is 0 Å². The molecule has 26 heavy (non-hydrogen) atoms. The summed E-state index contributed by atoms with van der Waals surface area (Å²) in [6.07, 6.45) is 8.08. The van der Waals surface area contributed by atoms with Gasteiger partial charge in [0.2, 0.25) is 5.91 Å². The highest BCUT2D eigenvalue weighted by Gasteiger charge is 2.39. The summed E-state index contributed by atoms with van der Waals surface area (Å²) in [7, 11) is 0. The predicted octanol–water partition coefficient (Wildman–Crippen LogP) is 3.83. The fraction of sp³-hybridized carbons (Fsp3) is 0.682. The number of phenols is 1. The quantitative estimate of drug-likeness (QED) is 0.841. The highest BCUT2D eigenvalue weighted by Crippen LogP contribution is 2.40. The van der Waals surface area contributed by atoms with Crippen LogP contribution in [0.25, 0.3) is 0 Å². The first-order valence-electron chi connectivity index (χ1n) is 10.3. The second-order valence-corrected chi connectivity index (χ2v) is 8.50. The minimum Gasteiger partial charge on any atom is -0.508 e. The number of phenolic OH excluding ortho intramolecular Hbond substituents is 1. The van der Waals surface area contributed by atoms with Crippen molar-refractivity contribution in [3.05, 3.63) is 29.8 Å². The molecule has 2 fully saturated rings. The topological polar surface area (TPSA) is 52.6 Å². The Hall–Kier alpha value is -1.55. The minimum atomic E-state index is 0.00979. The summed E-state index contributed by atoms with van der Waals surface area (Å²) in [6.45, 7) is 6.90. The van der Waals surface area contributed by atoms with E-state index in [2.05, 4.69) is 25.2 Å². The van der Waals surface area contributed by atoms with E-state index in [0.29, 0.717) is 24.1 Å². The van der Waals surface area contributed by atoms with Crippen molar-refractivity contribution in [2.45, 2.75) is 70.3 Å². The summed E-state index contributed by atoms with van der Waals surface area (Å²) in [5.74, 6) is 0.967. The molecule has 1 saturated carbocycles. The number of amides is 1. The van der Waals surface area contributed by atoms with Crippen LogP contribution in [-0.4, -0.2) is 41.6 Å². The van der Waals surface area contributed by atoms with Crippen LogP contribution < -0.4 is 5.32 Å². The van der Waals surface area contributed by atoms with Gasteiger partial charge in [-0.3, -0.25) is 4.79 Å². The first-order chi connectivity index (χ1) is 12.5. The van der Waals surface area contributed by atoms with Crippen molar-refractivity contribution in [3.8, 4) is 5.75 Å². The fourth-order valence-electron chi connectivity index (χ4n) is 4.60. The third kappa shape index (κ3) is 4.40. The maximum Gasteiger partial charge on any atom is 0.223 e. The lowest BCUT2D eigenvalue weighted by atomic mass is 9.68. The summed E-state index contributed by atoms with van der Waals surface area (Å²) in [5, 5.41) is 13.4. The first kappa shape index (κ1) is 19.2. The zero-order chi connectivity index (χ0) is 18.6. The molecule has 0 aromatic heterocycles. The molecule has 0 unspecified atom stereocenters. The van der Waals surface area contributed by atoms with Crippen molar-refractivity contribution in [2.24, 2.45) is 5.92 Å². The van der Waals surface area contributed by atoms with Crippen molar-refractivity contribution >= 4 is 5.91 Å². The molecule has 1 aliphatic carbocycles. The van der Waals surface area contributed by atoms with Gasteiger partial charge in [-0.25, -0.2) is 0 Å². The van der Waals surface area contributed by atoms with Crippen LogP contribution >= 0.6 is 0 Å². The van der Waals surface area contributed by atoms with Gasteiger partial charge in [0.1, 0.15) is 5.75 Å². The van der Waals surface area contributed by atoms with Crippen molar-refractivity contribution in [3.63, 3.8) is 0 Å². The van der Waals surface area contributed by atoms with Gasteiger partial charge in [0.25, 0.3) is 0 Å². The maximum absolute atomic E-state index is 12.6. The van der Waals surface area contributed by atoms with Gasteiger partial charge in [-0.1, -0.05) is 45.2 Å². The largest absolute Gasteiger partial charge is 0.508 e. The highest BCUT2D eigenvalue weighted by molar-refractivity contribution is 5.76. The van der Waals surface area contributed by atoms with E-state index in [0.717, 1.165) is 26.1 Å². The molecule has 4 heteroatoms. The Morgan fingerprint density at radius 2 is 2.08 bits per heavy atom. The van der Waals surface area contributed by atoms with Crippen LogP contribution in [0, 0.1) is 5.92 Å². The Bertz CT molecular complexity index is 612. The minimum absolute atomic E-state index is 0.00979. The molecule has 4 nitrogen and oxygen atoms in total. The van der Waals surface area contributed by atoms with Gasteiger partial charge in [0, 0.05) is 32.1 Å². The number of benzene rings is 1. The number of hydrogen-bond acceptors (Lipinski definition) is 3. The number of aromatic hydroxyl groups is 1.